The molecule has 0 heterocycles. The van der Waals surface area contributed by atoms with E-state index >= 15 is 0 Å². The van der Waals surface area contributed by atoms with E-state index in [1.807, 2.05) is 13.8 Å². The first-order chi connectivity index (χ1) is 15.5. The molecule has 4 aromatic rings. The number of aryl methyl sites for hydroxylation is 4. The summed E-state index contributed by atoms with van der Waals surface area (Å²) >= 11 is 0. The maximum atomic E-state index is 2.31. The molecule has 0 heteroatoms. The van der Waals surface area contributed by atoms with Gasteiger partial charge in [-0.15, -0.1) is 0 Å². The molecule has 0 atom stereocenters. The highest BCUT2D eigenvalue weighted by molar-refractivity contribution is 5.78. The summed E-state index contributed by atoms with van der Waals surface area (Å²) in [7, 11) is 0. The van der Waals surface area contributed by atoms with Gasteiger partial charge in [0.2, 0.25) is 0 Å². The topological polar surface area (TPSA) is 0 Å². The molecule has 0 bridgehead atoms. The Morgan fingerprint density at radius 1 is 0.371 bits per heavy atom. The van der Waals surface area contributed by atoms with Crippen molar-refractivity contribution in [2.45, 2.75) is 76.7 Å². The van der Waals surface area contributed by atoms with Crippen molar-refractivity contribution >= 4 is 0 Å². The van der Waals surface area contributed by atoms with Gasteiger partial charge in [-0.05, 0) is 85.0 Å². The zero-order chi connectivity index (χ0) is 22.8. The number of rotatable bonds is 0. The Kier molecular flexibility index (Phi) is 10.7. The van der Waals surface area contributed by atoms with Crippen molar-refractivity contribution in [3.05, 3.63) is 117 Å². The van der Waals surface area contributed by atoms with Crippen LogP contribution in [0.5, 0.6) is 0 Å². The highest BCUT2D eigenvalue weighted by atomic mass is 14.2. The van der Waals surface area contributed by atoms with E-state index < -0.39 is 0 Å². The second-order valence-electron chi connectivity index (χ2n) is 9.00. The van der Waals surface area contributed by atoms with Gasteiger partial charge in [0, 0.05) is 0 Å². The number of hydrogen-bond acceptors (Lipinski definition) is 0. The Bertz CT molecular complexity index is 1070. The minimum atomic E-state index is 0. The molecule has 0 spiro atoms. The first-order valence-corrected chi connectivity index (χ1v) is 11.9. The van der Waals surface area contributed by atoms with E-state index in [1.54, 1.807) is 0 Å². The molecule has 6 rings (SSSR count). The summed E-state index contributed by atoms with van der Waals surface area (Å²) in [5, 5.41) is 0. The minimum absolute atomic E-state index is 0. The summed E-state index contributed by atoms with van der Waals surface area (Å²) in [6, 6.07) is 27.1. The largest absolute Gasteiger partial charge is 0.0776 e. The summed E-state index contributed by atoms with van der Waals surface area (Å²) in [5.41, 5.74) is 17.1. The molecule has 2 aliphatic rings. The van der Waals surface area contributed by atoms with Crippen LogP contribution in [0.3, 0.4) is 0 Å². The van der Waals surface area contributed by atoms with Crippen molar-refractivity contribution in [2.75, 3.05) is 0 Å². The molecule has 0 saturated heterocycles. The van der Waals surface area contributed by atoms with Gasteiger partial charge in [-0.1, -0.05) is 131 Å². The molecule has 0 amide bonds. The average molecular weight is 467 g/mol. The average Bonchev–Trinajstić information content (AvgIpc) is 3.30. The van der Waals surface area contributed by atoms with Crippen LogP contribution in [0.25, 0.3) is 22.3 Å². The van der Waals surface area contributed by atoms with Crippen molar-refractivity contribution in [3.8, 4) is 22.3 Å². The third kappa shape index (κ3) is 6.12. The first kappa shape index (κ1) is 29.9. The number of benzene rings is 4. The van der Waals surface area contributed by atoms with Crippen LogP contribution >= 0.6 is 0 Å². The van der Waals surface area contributed by atoms with E-state index in [9.17, 15) is 0 Å². The molecule has 0 N–H and O–H groups in total. The lowest BCUT2D eigenvalue weighted by molar-refractivity contribution is 1.24. The van der Waals surface area contributed by atoms with Crippen molar-refractivity contribution in [3.63, 3.8) is 0 Å². The number of fused-ring (bicyclic) bond motifs is 6. The lowest BCUT2D eigenvalue weighted by Gasteiger charge is -2.01. The van der Waals surface area contributed by atoms with Crippen LogP contribution in [0.4, 0.5) is 0 Å². The fraction of sp³-hybridized carbons (Fsp3) is 0.314. The van der Waals surface area contributed by atoms with E-state index in [1.165, 1.54) is 66.8 Å². The smallest absolute Gasteiger partial charge is 0.00133 e. The molecule has 0 fully saturated rings. The van der Waals surface area contributed by atoms with Crippen molar-refractivity contribution in [1.82, 2.24) is 0 Å². The molecule has 0 saturated carbocycles. The Morgan fingerprint density at radius 3 is 0.771 bits per heavy atom. The van der Waals surface area contributed by atoms with E-state index in [0.717, 1.165) is 12.8 Å². The quantitative estimate of drug-likeness (QED) is 0.209. The monoisotopic (exact) mass is 466 g/mol. The van der Waals surface area contributed by atoms with Gasteiger partial charge < -0.3 is 0 Å². The van der Waals surface area contributed by atoms with Gasteiger partial charge in [0.15, 0.2) is 0 Å². The van der Waals surface area contributed by atoms with Gasteiger partial charge in [0.25, 0.3) is 0 Å². The molecular formula is C35H46. The van der Waals surface area contributed by atoms with E-state index in [2.05, 4.69) is 100 Å². The predicted molar refractivity (Wildman–Crippen MR) is 160 cm³/mol. The Labute approximate surface area is 216 Å². The van der Waals surface area contributed by atoms with Crippen LogP contribution in [0, 0.1) is 27.7 Å². The summed E-state index contributed by atoms with van der Waals surface area (Å²) in [6.07, 6.45) is 2.21. The SMILES string of the molecule is C.C.C.CC.Cc1ccc2c(c1)Cc1cc(C)ccc1-2.Cc1ccc2c(c1)Cc1cc(C)ccc1-2. The molecule has 186 valence electrons. The van der Waals surface area contributed by atoms with Crippen LogP contribution < -0.4 is 0 Å². The first-order valence-electron chi connectivity index (χ1n) is 11.9. The highest BCUT2D eigenvalue weighted by Crippen LogP contribution is 2.38. The van der Waals surface area contributed by atoms with Crippen LogP contribution in [-0.4, -0.2) is 0 Å². The van der Waals surface area contributed by atoms with Crippen molar-refractivity contribution < 1.29 is 0 Å². The van der Waals surface area contributed by atoms with Crippen LogP contribution in [-0.2, 0) is 12.8 Å². The van der Waals surface area contributed by atoms with Gasteiger partial charge in [-0.2, -0.15) is 0 Å². The zero-order valence-corrected chi connectivity index (χ0v) is 20.3. The van der Waals surface area contributed by atoms with Gasteiger partial charge in [0.05, 0.1) is 0 Å². The molecule has 4 aromatic carbocycles. The lowest BCUT2D eigenvalue weighted by atomic mass is 10.0. The van der Waals surface area contributed by atoms with Gasteiger partial charge in [-0.25, -0.2) is 0 Å². The Balaban J connectivity index is 0.000000303. The third-order valence-corrected chi connectivity index (χ3v) is 6.39. The summed E-state index contributed by atoms with van der Waals surface area (Å²) in [6.45, 7) is 12.6. The lowest BCUT2D eigenvalue weighted by Crippen LogP contribution is -1.81. The van der Waals surface area contributed by atoms with E-state index in [0.29, 0.717) is 0 Å². The third-order valence-electron chi connectivity index (χ3n) is 6.39. The molecular weight excluding hydrogens is 420 g/mol. The van der Waals surface area contributed by atoms with Crippen LogP contribution in [0.2, 0.25) is 0 Å². The van der Waals surface area contributed by atoms with Gasteiger partial charge >= 0.3 is 0 Å². The number of hydrogen-bond donors (Lipinski definition) is 0. The molecule has 0 aromatic heterocycles. The molecule has 0 aliphatic heterocycles. The second kappa shape index (κ2) is 12.5. The van der Waals surface area contributed by atoms with Gasteiger partial charge in [-0.3, -0.25) is 0 Å². The second-order valence-corrected chi connectivity index (χ2v) is 9.00. The summed E-state index contributed by atoms with van der Waals surface area (Å²) < 4.78 is 0. The summed E-state index contributed by atoms with van der Waals surface area (Å²) in [4.78, 5) is 0. The van der Waals surface area contributed by atoms with Crippen LogP contribution in [0.15, 0.2) is 72.8 Å². The highest BCUT2D eigenvalue weighted by Gasteiger charge is 2.18. The standard InChI is InChI=1S/2C15H14.C2H6.3CH4/c2*1-10-3-5-14-12(7-10)9-13-8-11(2)4-6-15(13)14;1-2;;;/h2*3-8H,9H2,1-2H3;1-2H3;3*1H4. The van der Waals surface area contributed by atoms with Crippen molar-refractivity contribution in [1.29, 1.82) is 0 Å². The predicted octanol–water partition coefficient (Wildman–Crippen LogP) is 10.7. The zero-order valence-electron chi connectivity index (χ0n) is 20.3. The summed E-state index contributed by atoms with van der Waals surface area (Å²) in [5.74, 6) is 0. The van der Waals surface area contributed by atoms with Crippen LogP contribution in [0.1, 0.15) is 80.6 Å². The molecule has 0 nitrogen and oxygen atoms in total. The normalized spacial score (nSPS) is 10.8. The van der Waals surface area contributed by atoms with Crippen molar-refractivity contribution in [2.24, 2.45) is 0 Å². The Morgan fingerprint density at radius 2 is 0.571 bits per heavy atom. The maximum Gasteiger partial charge on any atom is -0.00133 e. The molecule has 2 aliphatic carbocycles. The molecule has 0 radical (unpaired) electrons. The van der Waals surface area contributed by atoms with E-state index in [-0.39, 0.29) is 22.3 Å². The molecule has 35 heavy (non-hydrogen) atoms. The Hall–Kier alpha value is -3.12. The fourth-order valence-corrected chi connectivity index (χ4v) is 4.94. The minimum Gasteiger partial charge on any atom is -0.0776 e. The maximum absolute atomic E-state index is 2.31. The molecule has 0 unspecified atom stereocenters. The van der Waals surface area contributed by atoms with E-state index in [4.69, 9.17) is 0 Å². The fourth-order valence-electron chi connectivity index (χ4n) is 4.94. The van der Waals surface area contributed by atoms with Gasteiger partial charge in [0.1, 0.15) is 0 Å².